The Labute approximate surface area is 159 Å². The second-order valence-electron chi connectivity index (χ2n) is 9.07. The standard InChI is InChI=1S/C21H27N3OS/c22-14-18(19-2-1-7-26-19)23-3-5-24(6-4-23)20(25)21-11-15-8-16(12-21)10-17(9-15)13-21/h1-2,7,15-18H,3-6,8-13H2. The molecule has 1 saturated heterocycles. The van der Waals surface area contributed by atoms with E-state index in [1.807, 2.05) is 17.5 Å². The number of carbonyl (C=O) groups is 1. The third kappa shape index (κ3) is 2.70. The predicted molar refractivity (Wildman–Crippen MR) is 101 cm³/mol. The van der Waals surface area contributed by atoms with Gasteiger partial charge in [-0.25, -0.2) is 0 Å². The van der Waals surface area contributed by atoms with Gasteiger partial charge in [0.15, 0.2) is 0 Å². The molecule has 4 nitrogen and oxygen atoms in total. The quantitative estimate of drug-likeness (QED) is 0.817. The minimum Gasteiger partial charge on any atom is -0.340 e. The topological polar surface area (TPSA) is 47.3 Å². The second kappa shape index (κ2) is 6.35. The second-order valence-corrected chi connectivity index (χ2v) is 10.1. The highest BCUT2D eigenvalue weighted by atomic mass is 32.1. The Balaban J connectivity index is 1.26. The minimum atomic E-state index is -0.160. The number of piperazine rings is 1. The van der Waals surface area contributed by atoms with Crippen molar-refractivity contribution < 1.29 is 4.79 Å². The fourth-order valence-electron chi connectivity index (χ4n) is 6.66. The maximum Gasteiger partial charge on any atom is 0.228 e. The van der Waals surface area contributed by atoms with Gasteiger partial charge in [-0.05, 0) is 67.7 Å². The average molecular weight is 370 g/mol. The number of nitrogens with zero attached hydrogens (tertiary/aromatic N) is 3. The zero-order chi connectivity index (χ0) is 17.7. The molecule has 138 valence electrons. The van der Waals surface area contributed by atoms with Crippen LogP contribution in [-0.4, -0.2) is 41.9 Å². The molecule has 1 atom stereocenters. The van der Waals surface area contributed by atoms with E-state index < -0.39 is 0 Å². The van der Waals surface area contributed by atoms with Crippen molar-refractivity contribution >= 4 is 17.2 Å². The van der Waals surface area contributed by atoms with Gasteiger partial charge in [0.05, 0.1) is 11.5 Å². The van der Waals surface area contributed by atoms with Gasteiger partial charge < -0.3 is 4.90 Å². The van der Waals surface area contributed by atoms with E-state index in [1.165, 1.54) is 19.3 Å². The van der Waals surface area contributed by atoms with Crippen LogP contribution in [0.5, 0.6) is 0 Å². The highest BCUT2D eigenvalue weighted by Gasteiger charge is 2.55. The van der Waals surface area contributed by atoms with Crippen molar-refractivity contribution in [2.24, 2.45) is 23.2 Å². The van der Waals surface area contributed by atoms with Crippen LogP contribution in [0.15, 0.2) is 17.5 Å². The van der Waals surface area contributed by atoms with Crippen molar-refractivity contribution in [3.05, 3.63) is 22.4 Å². The molecule has 1 aliphatic heterocycles. The van der Waals surface area contributed by atoms with Crippen molar-refractivity contribution in [3.63, 3.8) is 0 Å². The Morgan fingerprint density at radius 3 is 2.23 bits per heavy atom. The summed E-state index contributed by atoms with van der Waals surface area (Å²) in [5.74, 6) is 2.88. The Morgan fingerprint density at radius 1 is 1.12 bits per heavy atom. The van der Waals surface area contributed by atoms with Gasteiger partial charge in [0.25, 0.3) is 0 Å². The summed E-state index contributed by atoms with van der Waals surface area (Å²) in [5, 5.41) is 11.6. The lowest BCUT2D eigenvalue weighted by Crippen LogP contribution is -2.58. The highest BCUT2D eigenvalue weighted by Crippen LogP contribution is 2.60. The van der Waals surface area contributed by atoms with Gasteiger partial charge in [0, 0.05) is 31.1 Å². The van der Waals surface area contributed by atoms with Crippen molar-refractivity contribution in [3.8, 4) is 6.07 Å². The van der Waals surface area contributed by atoms with Crippen molar-refractivity contribution in [1.82, 2.24) is 9.80 Å². The van der Waals surface area contributed by atoms with Crippen LogP contribution >= 0.6 is 11.3 Å². The fourth-order valence-corrected chi connectivity index (χ4v) is 7.47. The third-order valence-electron chi connectivity index (χ3n) is 7.39. The molecule has 4 aliphatic carbocycles. The first-order valence-electron chi connectivity index (χ1n) is 10.1. The van der Waals surface area contributed by atoms with Crippen LogP contribution in [0.25, 0.3) is 0 Å². The van der Waals surface area contributed by atoms with E-state index in [-0.39, 0.29) is 11.5 Å². The molecule has 0 aromatic carbocycles. The van der Waals surface area contributed by atoms with E-state index in [1.54, 1.807) is 11.3 Å². The van der Waals surface area contributed by atoms with Crippen molar-refractivity contribution in [2.75, 3.05) is 26.2 Å². The number of nitriles is 1. The van der Waals surface area contributed by atoms with E-state index in [4.69, 9.17) is 0 Å². The summed E-state index contributed by atoms with van der Waals surface area (Å²) < 4.78 is 0. The van der Waals surface area contributed by atoms with E-state index in [2.05, 4.69) is 15.9 Å². The summed E-state index contributed by atoms with van der Waals surface area (Å²) >= 11 is 1.65. The molecule has 4 saturated carbocycles. The first kappa shape index (κ1) is 16.8. The van der Waals surface area contributed by atoms with Crippen molar-refractivity contribution in [2.45, 2.75) is 44.6 Å². The lowest BCUT2D eigenvalue weighted by Gasteiger charge is -2.57. The summed E-state index contributed by atoms with van der Waals surface area (Å²) in [6.07, 6.45) is 7.58. The summed E-state index contributed by atoms with van der Waals surface area (Å²) in [5.41, 5.74) is -0.0285. The molecule has 1 aromatic heterocycles. The molecule has 1 amide bonds. The molecule has 2 heterocycles. The Bertz CT molecular complexity index is 679. The SMILES string of the molecule is N#CC(c1cccs1)N1CCN(C(=O)C23CC4CC(CC(C4)C2)C3)CC1. The number of hydrogen-bond acceptors (Lipinski definition) is 4. The van der Waals surface area contributed by atoms with Crippen LogP contribution in [0.2, 0.25) is 0 Å². The smallest absolute Gasteiger partial charge is 0.228 e. The number of hydrogen-bond donors (Lipinski definition) is 0. The van der Waals surface area contributed by atoms with E-state index in [0.717, 1.165) is 68.1 Å². The van der Waals surface area contributed by atoms with Crippen LogP contribution in [0.4, 0.5) is 0 Å². The molecule has 0 radical (unpaired) electrons. The molecular weight excluding hydrogens is 342 g/mol. The maximum atomic E-state index is 13.5. The zero-order valence-corrected chi connectivity index (χ0v) is 16.1. The summed E-state index contributed by atoms with van der Waals surface area (Å²) in [6.45, 7) is 3.19. The first-order valence-corrected chi connectivity index (χ1v) is 11.0. The molecule has 1 aromatic rings. The summed E-state index contributed by atoms with van der Waals surface area (Å²) in [7, 11) is 0. The van der Waals surface area contributed by atoms with Gasteiger partial charge in [-0.1, -0.05) is 6.07 Å². The van der Waals surface area contributed by atoms with Gasteiger partial charge >= 0.3 is 0 Å². The van der Waals surface area contributed by atoms with Gasteiger partial charge in [-0.3, -0.25) is 9.69 Å². The molecule has 5 aliphatic rings. The van der Waals surface area contributed by atoms with Gasteiger partial charge in [0.2, 0.25) is 5.91 Å². The summed E-state index contributed by atoms with van der Waals surface area (Å²) in [6, 6.07) is 6.36. The van der Waals surface area contributed by atoms with Crippen LogP contribution in [0, 0.1) is 34.5 Å². The van der Waals surface area contributed by atoms with Gasteiger partial charge in [-0.15, -0.1) is 11.3 Å². The average Bonchev–Trinajstić information content (AvgIpc) is 3.15. The maximum absolute atomic E-state index is 13.5. The van der Waals surface area contributed by atoms with E-state index in [9.17, 15) is 10.1 Å². The fraction of sp³-hybridized carbons (Fsp3) is 0.714. The Kier molecular flexibility index (Phi) is 4.10. The largest absolute Gasteiger partial charge is 0.340 e. The molecule has 6 rings (SSSR count). The number of rotatable bonds is 3. The van der Waals surface area contributed by atoms with E-state index >= 15 is 0 Å². The molecule has 5 fully saturated rings. The number of amides is 1. The summed E-state index contributed by atoms with van der Waals surface area (Å²) in [4.78, 5) is 19.0. The highest BCUT2D eigenvalue weighted by molar-refractivity contribution is 7.10. The Hall–Kier alpha value is -1.38. The van der Waals surface area contributed by atoms with Gasteiger partial charge in [0.1, 0.15) is 6.04 Å². The van der Waals surface area contributed by atoms with Crippen molar-refractivity contribution in [1.29, 1.82) is 5.26 Å². The lowest BCUT2D eigenvalue weighted by molar-refractivity contribution is -0.159. The zero-order valence-electron chi connectivity index (χ0n) is 15.3. The van der Waals surface area contributed by atoms with E-state index in [0.29, 0.717) is 5.91 Å². The Morgan fingerprint density at radius 2 is 1.73 bits per heavy atom. The van der Waals surface area contributed by atoms with Gasteiger partial charge in [-0.2, -0.15) is 5.26 Å². The first-order chi connectivity index (χ1) is 12.7. The van der Waals surface area contributed by atoms with Crippen LogP contribution in [0.3, 0.4) is 0 Å². The molecule has 5 heteroatoms. The van der Waals surface area contributed by atoms with Crippen LogP contribution in [-0.2, 0) is 4.79 Å². The molecule has 1 unspecified atom stereocenters. The number of thiophene rings is 1. The van der Waals surface area contributed by atoms with Crippen LogP contribution < -0.4 is 0 Å². The van der Waals surface area contributed by atoms with Crippen LogP contribution in [0.1, 0.15) is 49.4 Å². The number of carbonyl (C=O) groups excluding carboxylic acids is 1. The molecule has 26 heavy (non-hydrogen) atoms. The lowest BCUT2D eigenvalue weighted by atomic mass is 9.49. The molecule has 4 bridgehead atoms. The normalized spacial score (nSPS) is 37.5. The molecular formula is C21H27N3OS. The molecule has 0 N–H and O–H groups in total. The predicted octanol–water partition coefficient (Wildman–Crippen LogP) is 3.67. The minimum absolute atomic E-state index is 0.0285. The monoisotopic (exact) mass is 369 g/mol. The molecule has 0 spiro atoms. The third-order valence-corrected chi connectivity index (χ3v) is 8.32.